The minimum Gasteiger partial charge on any atom is -0.455 e. The number of anilines is 1. The van der Waals surface area contributed by atoms with Crippen LogP contribution in [0, 0.1) is 5.82 Å². The first kappa shape index (κ1) is 30.7. The van der Waals surface area contributed by atoms with Gasteiger partial charge in [0.05, 0.1) is 34.2 Å². The second-order valence-corrected chi connectivity index (χ2v) is 12.7. The maximum atomic E-state index is 14.9. The summed E-state index contributed by atoms with van der Waals surface area (Å²) >= 11 is 0. The van der Waals surface area contributed by atoms with E-state index < -0.39 is 27.7 Å². The van der Waals surface area contributed by atoms with Gasteiger partial charge < -0.3 is 9.73 Å². The fourth-order valence-electron chi connectivity index (χ4n) is 5.40. The Kier molecular flexibility index (Phi) is 7.48. The van der Waals surface area contributed by atoms with E-state index >= 15 is 0 Å². The van der Waals surface area contributed by atoms with Crippen LogP contribution in [0.1, 0.15) is 15.9 Å². The van der Waals surface area contributed by atoms with Crippen molar-refractivity contribution in [2.45, 2.75) is 5.92 Å². The highest BCUT2D eigenvalue weighted by atomic mass is 32.2. The largest absolute Gasteiger partial charge is 0.455 e. The molecule has 2 heterocycles. The Balaban J connectivity index is 1.64. The Hall–Kier alpha value is -5.36. The zero-order chi connectivity index (χ0) is 33.0. The van der Waals surface area contributed by atoms with Gasteiger partial charge in [-0.2, -0.15) is 8.78 Å². The normalized spacial score (nSPS) is 12.0. The van der Waals surface area contributed by atoms with Crippen molar-refractivity contribution in [3.8, 4) is 28.1 Å². The molecule has 1 N–H and O–H groups in total. The second-order valence-electron chi connectivity index (χ2n) is 10.7. The number of amides is 1. The number of sulfonamides is 1. The Morgan fingerprint density at radius 1 is 1.04 bits per heavy atom. The van der Waals surface area contributed by atoms with E-state index in [4.69, 9.17) is 4.42 Å². The molecule has 6 rings (SSSR count). The zero-order valence-corrected chi connectivity index (χ0v) is 25.7. The lowest BCUT2D eigenvalue weighted by Gasteiger charge is -2.21. The molecule has 0 radical (unpaired) electrons. The van der Waals surface area contributed by atoms with Gasteiger partial charge in [-0.15, -0.1) is 0 Å². The van der Waals surface area contributed by atoms with Crippen LogP contribution in [0.5, 0.6) is 0 Å². The van der Waals surface area contributed by atoms with Crippen LogP contribution in [-0.2, 0) is 15.9 Å². The summed E-state index contributed by atoms with van der Waals surface area (Å²) in [7, 11) is -0.931. The number of halogens is 3. The van der Waals surface area contributed by atoms with Crippen LogP contribution in [0.3, 0.4) is 0 Å². The van der Waals surface area contributed by atoms with Gasteiger partial charge in [0.15, 0.2) is 0 Å². The van der Waals surface area contributed by atoms with Crippen molar-refractivity contribution in [2.24, 2.45) is 0 Å². The standard InChI is InChI=1S/C34H27F3N4O4S/c1-5-34(36,37)25-8-6-7-9-27(25)41-19-39-26-15-12-21(16-29(26)41)23-17-24-30(18-28(23)40(3)46(4,43)44)45-32(31(24)33(42)38-2)20-10-13-22(35)14-11-20/h5-19H,1H2,2-4H3,(H,38,42). The summed E-state index contributed by atoms with van der Waals surface area (Å²) in [5, 5.41) is 2.99. The summed E-state index contributed by atoms with van der Waals surface area (Å²) in [4.78, 5) is 17.6. The summed E-state index contributed by atoms with van der Waals surface area (Å²) in [6.07, 6.45) is 3.07. The minimum absolute atomic E-state index is 0.172. The van der Waals surface area contributed by atoms with Crippen LogP contribution in [0.4, 0.5) is 18.9 Å². The van der Waals surface area contributed by atoms with E-state index in [9.17, 15) is 26.4 Å². The lowest BCUT2D eigenvalue weighted by atomic mass is 9.98. The fraction of sp³-hybridized carbons (Fsp3) is 0.118. The van der Waals surface area contributed by atoms with Crippen LogP contribution < -0.4 is 9.62 Å². The molecule has 0 fully saturated rings. The number of fused-ring (bicyclic) bond motifs is 2. The molecule has 0 unspecified atom stereocenters. The monoisotopic (exact) mass is 644 g/mol. The van der Waals surface area contributed by atoms with Crippen molar-refractivity contribution < 1.29 is 30.8 Å². The summed E-state index contributed by atoms with van der Waals surface area (Å²) < 4.78 is 77.9. The lowest BCUT2D eigenvalue weighted by molar-refractivity contribution is 0.0525. The third kappa shape index (κ3) is 5.20. The number of carbonyl (C=O) groups excluding carboxylic acids is 1. The van der Waals surface area contributed by atoms with E-state index in [0.29, 0.717) is 39.2 Å². The fourth-order valence-corrected chi connectivity index (χ4v) is 5.91. The molecule has 46 heavy (non-hydrogen) atoms. The minimum atomic E-state index is -3.78. The first-order valence-electron chi connectivity index (χ1n) is 13.9. The highest BCUT2D eigenvalue weighted by Gasteiger charge is 2.31. The number of nitrogens with one attached hydrogen (secondary N) is 1. The van der Waals surface area contributed by atoms with Crippen LogP contribution in [0.15, 0.2) is 102 Å². The van der Waals surface area contributed by atoms with Crippen molar-refractivity contribution >= 4 is 43.6 Å². The van der Waals surface area contributed by atoms with Gasteiger partial charge >= 0.3 is 0 Å². The summed E-state index contributed by atoms with van der Waals surface area (Å²) in [5.41, 5.74) is 2.91. The van der Waals surface area contributed by atoms with Gasteiger partial charge in [-0.3, -0.25) is 13.7 Å². The van der Waals surface area contributed by atoms with Crippen molar-refractivity contribution in [3.05, 3.63) is 115 Å². The van der Waals surface area contributed by atoms with Gasteiger partial charge in [0.1, 0.15) is 23.5 Å². The summed E-state index contributed by atoms with van der Waals surface area (Å²) in [6.45, 7) is 3.29. The molecule has 1 amide bonds. The molecule has 0 bridgehead atoms. The molecule has 8 nitrogen and oxygen atoms in total. The third-order valence-corrected chi connectivity index (χ3v) is 9.03. The predicted molar refractivity (Wildman–Crippen MR) is 172 cm³/mol. The summed E-state index contributed by atoms with van der Waals surface area (Å²) in [5.74, 6) is -4.08. The number of rotatable bonds is 8. The molecule has 2 aromatic heterocycles. The van der Waals surface area contributed by atoms with Crippen molar-refractivity contribution in [3.63, 3.8) is 0 Å². The molecule has 6 aromatic rings. The van der Waals surface area contributed by atoms with Gasteiger partial charge in [0, 0.05) is 42.2 Å². The van der Waals surface area contributed by atoms with Crippen LogP contribution >= 0.6 is 0 Å². The number of hydrogen-bond acceptors (Lipinski definition) is 5. The Bertz CT molecular complexity index is 2280. The lowest BCUT2D eigenvalue weighted by Crippen LogP contribution is -2.25. The Labute approximate surface area is 262 Å². The number of aromatic nitrogens is 2. The Morgan fingerprint density at radius 2 is 1.74 bits per heavy atom. The van der Waals surface area contributed by atoms with E-state index in [2.05, 4.69) is 16.9 Å². The average Bonchev–Trinajstić information content (AvgIpc) is 3.64. The third-order valence-electron chi connectivity index (χ3n) is 7.84. The van der Waals surface area contributed by atoms with Gasteiger partial charge in [0.2, 0.25) is 10.0 Å². The van der Waals surface area contributed by atoms with E-state index in [-0.39, 0.29) is 33.8 Å². The Morgan fingerprint density at radius 3 is 2.41 bits per heavy atom. The SMILES string of the molecule is C=CC(F)(F)c1ccccc1-n1cnc2ccc(-c3cc4c(C(=O)NC)c(-c5ccc(F)cc5)oc4cc3N(C)S(C)(=O)=O)cc21. The molecule has 0 aliphatic rings. The van der Waals surface area contributed by atoms with Gasteiger partial charge in [-0.1, -0.05) is 30.8 Å². The van der Waals surface area contributed by atoms with Gasteiger partial charge in [-0.25, -0.2) is 17.8 Å². The van der Waals surface area contributed by atoms with Crippen LogP contribution in [0.2, 0.25) is 0 Å². The van der Waals surface area contributed by atoms with Gasteiger partial charge in [0.25, 0.3) is 11.8 Å². The number of benzene rings is 4. The molecule has 234 valence electrons. The topological polar surface area (TPSA) is 97.4 Å². The maximum Gasteiger partial charge on any atom is 0.293 e. The number of para-hydroxylation sites is 1. The molecule has 4 aromatic carbocycles. The molecule has 0 aliphatic carbocycles. The van der Waals surface area contributed by atoms with E-state index in [1.54, 1.807) is 36.4 Å². The van der Waals surface area contributed by atoms with Crippen molar-refractivity contribution in [1.29, 1.82) is 0 Å². The number of allylic oxidation sites excluding steroid dienone is 1. The van der Waals surface area contributed by atoms with E-state index in [0.717, 1.165) is 10.6 Å². The molecule has 0 aliphatic heterocycles. The quantitative estimate of drug-likeness (QED) is 0.176. The zero-order valence-electron chi connectivity index (χ0n) is 24.9. The number of carbonyl (C=O) groups is 1. The van der Waals surface area contributed by atoms with Gasteiger partial charge in [-0.05, 0) is 60.2 Å². The number of alkyl halides is 2. The number of nitrogens with zero attached hydrogens (tertiary/aromatic N) is 3. The van der Waals surface area contributed by atoms with Crippen molar-refractivity contribution in [1.82, 2.24) is 14.9 Å². The number of hydrogen-bond donors (Lipinski definition) is 1. The maximum absolute atomic E-state index is 14.9. The number of furan rings is 1. The smallest absolute Gasteiger partial charge is 0.293 e. The van der Waals surface area contributed by atoms with Crippen LogP contribution in [0.25, 0.3) is 50.1 Å². The van der Waals surface area contributed by atoms with E-state index in [1.165, 1.54) is 67.5 Å². The molecular formula is C34H27F3N4O4S. The molecule has 0 atom stereocenters. The van der Waals surface area contributed by atoms with Crippen molar-refractivity contribution in [2.75, 3.05) is 24.7 Å². The molecule has 0 saturated heterocycles. The van der Waals surface area contributed by atoms with E-state index in [1.807, 2.05) is 0 Å². The number of imidazole rings is 1. The first-order chi connectivity index (χ1) is 21.8. The second kappa shape index (κ2) is 11.2. The molecule has 12 heteroatoms. The molecular weight excluding hydrogens is 617 g/mol. The molecule has 0 saturated carbocycles. The highest BCUT2D eigenvalue weighted by molar-refractivity contribution is 7.92. The highest BCUT2D eigenvalue weighted by Crippen LogP contribution is 2.42. The molecule has 0 spiro atoms. The predicted octanol–water partition coefficient (Wildman–Crippen LogP) is 7.28. The van der Waals surface area contributed by atoms with Crippen LogP contribution in [-0.4, -0.2) is 44.2 Å². The summed E-state index contributed by atoms with van der Waals surface area (Å²) in [6, 6.07) is 19.8. The average molecular weight is 645 g/mol. The first-order valence-corrected chi connectivity index (χ1v) is 15.8.